The molecule has 0 radical (unpaired) electrons. The second kappa shape index (κ2) is 11.3. The number of ether oxygens (including phenoxy) is 2. The minimum atomic E-state index is -0.225. The summed E-state index contributed by atoms with van der Waals surface area (Å²) in [5.41, 5.74) is 1.58. The molecule has 186 valence electrons. The van der Waals surface area contributed by atoms with Crippen LogP contribution in [0.5, 0.6) is 11.5 Å². The van der Waals surface area contributed by atoms with E-state index in [1.165, 1.54) is 0 Å². The minimum absolute atomic E-state index is 0.0327. The molecule has 1 N–H and O–H groups in total. The second-order valence-corrected chi connectivity index (χ2v) is 9.06. The van der Waals surface area contributed by atoms with Crippen molar-refractivity contribution >= 4 is 23.4 Å². The van der Waals surface area contributed by atoms with E-state index in [9.17, 15) is 14.4 Å². The number of nitrogens with zero attached hydrogens (tertiary/aromatic N) is 2. The molecule has 8 nitrogen and oxygen atoms in total. The van der Waals surface area contributed by atoms with Crippen LogP contribution in [0.2, 0.25) is 0 Å². The second-order valence-electron chi connectivity index (χ2n) is 9.06. The van der Waals surface area contributed by atoms with Gasteiger partial charge in [-0.25, -0.2) is 0 Å². The van der Waals surface area contributed by atoms with Crippen LogP contribution in [-0.4, -0.2) is 67.9 Å². The maximum absolute atomic E-state index is 13.1. The molecule has 2 aromatic rings. The van der Waals surface area contributed by atoms with Gasteiger partial charge in [0.1, 0.15) is 11.5 Å². The number of anilines is 1. The lowest BCUT2D eigenvalue weighted by molar-refractivity contribution is -0.121. The van der Waals surface area contributed by atoms with E-state index in [4.69, 9.17) is 9.47 Å². The number of hydrogen-bond donors (Lipinski definition) is 1. The Balaban J connectivity index is 1.37. The third-order valence-corrected chi connectivity index (χ3v) is 6.81. The highest BCUT2D eigenvalue weighted by Gasteiger charge is 2.29. The fourth-order valence-corrected chi connectivity index (χ4v) is 4.74. The fraction of sp³-hybridized carbons (Fsp3) is 0.444. The normalized spacial score (nSPS) is 16.5. The lowest BCUT2D eigenvalue weighted by atomic mass is 9.95. The Kier molecular flexibility index (Phi) is 7.90. The van der Waals surface area contributed by atoms with Crippen LogP contribution < -0.4 is 14.8 Å². The highest BCUT2D eigenvalue weighted by Crippen LogP contribution is 2.27. The molecule has 8 heteroatoms. The molecule has 0 saturated carbocycles. The topological polar surface area (TPSA) is 88.2 Å². The average molecular weight is 480 g/mol. The van der Waals surface area contributed by atoms with Crippen molar-refractivity contribution in [2.24, 2.45) is 5.92 Å². The van der Waals surface area contributed by atoms with Crippen molar-refractivity contribution in [3.8, 4) is 11.5 Å². The Morgan fingerprint density at radius 1 is 0.800 bits per heavy atom. The van der Waals surface area contributed by atoms with Crippen molar-refractivity contribution in [3.63, 3.8) is 0 Å². The molecule has 2 saturated heterocycles. The monoisotopic (exact) mass is 479 g/mol. The van der Waals surface area contributed by atoms with Crippen molar-refractivity contribution in [2.45, 2.75) is 32.1 Å². The first-order valence-electron chi connectivity index (χ1n) is 12.2. The van der Waals surface area contributed by atoms with Gasteiger partial charge in [-0.15, -0.1) is 0 Å². The molecule has 3 amide bonds. The Morgan fingerprint density at radius 3 is 2.03 bits per heavy atom. The zero-order chi connectivity index (χ0) is 24.8. The van der Waals surface area contributed by atoms with E-state index < -0.39 is 0 Å². The number of carbonyl (C=O) groups excluding carboxylic acids is 3. The van der Waals surface area contributed by atoms with Crippen LogP contribution in [0.4, 0.5) is 5.69 Å². The summed E-state index contributed by atoms with van der Waals surface area (Å²) < 4.78 is 10.5. The molecule has 2 aliphatic rings. The molecule has 2 heterocycles. The van der Waals surface area contributed by atoms with Crippen LogP contribution >= 0.6 is 0 Å². The van der Waals surface area contributed by atoms with Crippen LogP contribution in [0.3, 0.4) is 0 Å². The summed E-state index contributed by atoms with van der Waals surface area (Å²) in [4.78, 5) is 42.8. The third kappa shape index (κ3) is 5.75. The summed E-state index contributed by atoms with van der Waals surface area (Å²) in [6.07, 6.45) is 4.29. The molecule has 2 aliphatic heterocycles. The van der Waals surface area contributed by atoms with Gasteiger partial charge in [0, 0.05) is 43.7 Å². The Hall–Kier alpha value is -3.55. The van der Waals surface area contributed by atoms with Crippen molar-refractivity contribution in [1.82, 2.24) is 9.80 Å². The van der Waals surface area contributed by atoms with E-state index in [0.717, 1.165) is 32.4 Å². The molecule has 0 spiro atoms. The minimum Gasteiger partial charge on any atom is -0.497 e. The predicted octanol–water partition coefficient (Wildman–Crippen LogP) is 3.82. The van der Waals surface area contributed by atoms with Gasteiger partial charge in [0.2, 0.25) is 5.91 Å². The van der Waals surface area contributed by atoms with Crippen LogP contribution in [-0.2, 0) is 4.79 Å². The summed E-state index contributed by atoms with van der Waals surface area (Å²) in [5.74, 6) is 0.629. The van der Waals surface area contributed by atoms with Crippen molar-refractivity contribution in [2.75, 3.05) is 45.7 Å². The van der Waals surface area contributed by atoms with Crippen LogP contribution in [0, 0.1) is 5.92 Å². The quantitative estimate of drug-likeness (QED) is 0.681. The van der Waals surface area contributed by atoms with Gasteiger partial charge in [0.25, 0.3) is 11.8 Å². The zero-order valence-corrected chi connectivity index (χ0v) is 20.4. The van der Waals surface area contributed by atoms with Gasteiger partial charge >= 0.3 is 0 Å². The molecule has 0 aliphatic carbocycles. The maximum Gasteiger partial charge on any atom is 0.255 e. The Labute approximate surface area is 206 Å². The first-order chi connectivity index (χ1) is 17.0. The zero-order valence-electron chi connectivity index (χ0n) is 20.4. The summed E-state index contributed by atoms with van der Waals surface area (Å²) in [6.45, 7) is 2.47. The van der Waals surface area contributed by atoms with E-state index in [1.807, 2.05) is 17.0 Å². The smallest absolute Gasteiger partial charge is 0.255 e. The van der Waals surface area contributed by atoms with Crippen LogP contribution in [0.15, 0.2) is 42.5 Å². The number of piperidine rings is 2. The molecule has 0 bridgehead atoms. The molecule has 2 aromatic carbocycles. The number of likely N-dealkylation sites (tertiary alicyclic amines) is 2. The molecule has 4 rings (SSSR count). The van der Waals surface area contributed by atoms with E-state index >= 15 is 0 Å². The highest BCUT2D eigenvalue weighted by atomic mass is 16.5. The van der Waals surface area contributed by atoms with E-state index in [-0.39, 0.29) is 23.6 Å². The number of nitrogens with one attached hydrogen (secondary N) is 1. The number of methoxy groups -OCH3 is 2. The fourth-order valence-electron chi connectivity index (χ4n) is 4.74. The molecular weight excluding hydrogens is 446 g/mol. The maximum atomic E-state index is 13.1. The number of rotatable bonds is 6. The number of amides is 3. The summed E-state index contributed by atoms with van der Waals surface area (Å²) in [7, 11) is 3.09. The lowest BCUT2D eigenvalue weighted by Gasteiger charge is -2.32. The number of hydrogen-bond acceptors (Lipinski definition) is 5. The van der Waals surface area contributed by atoms with Gasteiger partial charge in [0.15, 0.2) is 0 Å². The van der Waals surface area contributed by atoms with Crippen LogP contribution in [0.1, 0.15) is 52.8 Å². The SMILES string of the molecule is COc1cc(OC)cc(C(=O)N2CCC(C(=O)Nc3ccccc3C(=O)N3CCCCC3)CC2)c1. The van der Waals surface area contributed by atoms with E-state index in [1.54, 1.807) is 49.5 Å². The predicted molar refractivity (Wildman–Crippen MR) is 133 cm³/mol. The van der Waals surface area contributed by atoms with Gasteiger partial charge in [-0.05, 0) is 56.4 Å². The number of benzene rings is 2. The van der Waals surface area contributed by atoms with Crippen molar-refractivity contribution in [1.29, 1.82) is 0 Å². The van der Waals surface area contributed by atoms with Crippen molar-refractivity contribution < 1.29 is 23.9 Å². The van der Waals surface area contributed by atoms with E-state index in [2.05, 4.69) is 5.32 Å². The summed E-state index contributed by atoms with van der Waals surface area (Å²) in [6, 6.07) is 12.3. The van der Waals surface area contributed by atoms with Crippen molar-refractivity contribution in [3.05, 3.63) is 53.6 Å². The standard InChI is InChI=1S/C27H33N3O5/c1-34-21-16-20(17-22(18-21)35-2)26(32)30-14-10-19(11-15-30)25(31)28-24-9-5-4-8-23(24)27(33)29-12-6-3-7-13-29/h4-5,8-9,16-19H,3,6-7,10-15H2,1-2H3,(H,28,31). The molecular formula is C27H33N3O5. The Morgan fingerprint density at radius 2 is 1.40 bits per heavy atom. The summed E-state index contributed by atoms with van der Waals surface area (Å²) >= 11 is 0. The molecule has 0 aromatic heterocycles. The van der Waals surface area contributed by atoms with Gasteiger partial charge in [-0.2, -0.15) is 0 Å². The van der Waals surface area contributed by atoms with Gasteiger partial charge in [-0.1, -0.05) is 12.1 Å². The number of carbonyl (C=O) groups is 3. The van der Waals surface area contributed by atoms with Gasteiger partial charge in [0.05, 0.1) is 25.5 Å². The summed E-state index contributed by atoms with van der Waals surface area (Å²) in [5, 5.41) is 2.98. The molecule has 35 heavy (non-hydrogen) atoms. The lowest BCUT2D eigenvalue weighted by Crippen LogP contribution is -2.41. The highest BCUT2D eigenvalue weighted by molar-refractivity contribution is 6.04. The average Bonchev–Trinajstić information content (AvgIpc) is 2.92. The first-order valence-corrected chi connectivity index (χ1v) is 12.2. The van der Waals surface area contributed by atoms with E-state index in [0.29, 0.717) is 54.2 Å². The molecule has 0 atom stereocenters. The largest absolute Gasteiger partial charge is 0.497 e. The molecule has 0 unspecified atom stereocenters. The van der Waals surface area contributed by atoms with Crippen LogP contribution in [0.25, 0.3) is 0 Å². The Bertz CT molecular complexity index is 1050. The first kappa shape index (κ1) is 24.6. The van der Waals surface area contributed by atoms with Gasteiger partial charge in [-0.3, -0.25) is 14.4 Å². The third-order valence-electron chi connectivity index (χ3n) is 6.81. The molecule has 2 fully saturated rings. The van der Waals surface area contributed by atoms with Gasteiger partial charge < -0.3 is 24.6 Å². The number of para-hydroxylation sites is 1.